The SMILES string of the molecule is COc1ccccc1C1/C(=C(/O)c2ccc(C)cc2)C(=O)C(=O)N1CCCOC(C)C. The van der Waals surface area contributed by atoms with Crippen molar-refractivity contribution >= 4 is 17.4 Å². The molecule has 1 amide bonds. The number of aryl methyl sites for hydroxylation is 1. The molecule has 2 aromatic rings. The molecule has 1 unspecified atom stereocenters. The van der Waals surface area contributed by atoms with Gasteiger partial charge in [-0.2, -0.15) is 0 Å². The van der Waals surface area contributed by atoms with Gasteiger partial charge in [0.2, 0.25) is 0 Å². The van der Waals surface area contributed by atoms with Crippen LogP contribution in [0.4, 0.5) is 0 Å². The summed E-state index contributed by atoms with van der Waals surface area (Å²) in [5.74, 6) is -0.962. The van der Waals surface area contributed by atoms with Crippen LogP contribution in [0, 0.1) is 6.92 Å². The molecule has 1 fully saturated rings. The predicted molar refractivity (Wildman–Crippen MR) is 119 cm³/mol. The van der Waals surface area contributed by atoms with Crippen molar-refractivity contribution in [1.29, 1.82) is 0 Å². The number of amides is 1. The molecule has 6 nitrogen and oxygen atoms in total. The molecule has 0 aliphatic carbocycles. The van der Waals surface area contributed by atoms with Crippen molar-refractivity contribution in [2.24, 2.45) is 0 Å². The van der Waals surface area contributed by atoms with E-state index in [2.05, 4.69) is 0 Å². The lowest BCUT2D eigenvalue weighted by Crippen LogP contribution is -2.31. The Morgan fingerprint density at radius 2 is 1.77 bits per heavy atom. The second-order valence-corrected chi connectivity index (χ2v) is 7.87. The number of hydrogen-bond donors (Lipinski definition) is 1. The maximum atomic E-state index is 13.0. The zero-order valence-corrected chi connectivity index (χ0v) is 18.4. The van der Waals surface area contributed by atoms with Gasteiger partial charge in [0.05, 0.1) is 24.8 Å². The first kappa shape index (κ1) is 22.6. The van der Waals surface area contributed by atoms with Crippen molar-refractivity contribution in [2.45, 2.75) is 39.3 Å². The first-order valence-corrected chi connectivity index (χ1v) is 10.4. The first-order chi connectivity index (χ1) is 14.8. The smallest absolute Gasteiger partial charge is 0.295 e. The molecule has 31 heavy (non-hydrogen) atoms. The van der Waals surface area contributed by atoms with Crippen molar-refractivity contribution in [3.05, 3.63) is 70.8 Å². The van der Waals surface area contributed by atoms with Crippen LogP contribution in [0.5, 0.6) is 5.75 Å². The van der Waals surface area contributed by atoms with Crippen LogP contribution in [0.3, 0.4) is 0 Å². The quantitative estimate of drug-likeness (QED) is 0.297. The minimum atomic E-state index is -0.739. The van der Waals surface area contributed by atoms with E-state index in [-0.39, 0.29) is 17.4 Å². The number of nitrogens with zero attached hydrogens (tertiary/aromatic N) is 1. The van der Waals surface area contributed by atoms with Crippen molar-refractivity contribution in [1.82, 2.24) is 4.90 Å². The van der Waals surface area contributed by atoms with Crippen molar-refractivity contribution in [3.63, 3.8) is 0 Å². The molecule has 6 heteroatoms. The Labute approximate surface area is 183 Å². The molecule has 0 saturated carbocycles. The van der Waals surface area contributed by atoms with E-state index in [1.54, 1.807) is 25.3 Å². The summed E-state index contributed by atoms with van der Waals surface area (Å²) in [6.45, 7) is 6.63. The molecule has 1 heterocycles. The lowest BCUT2D eigenvalue weighted by Gasteiger charge is -2.26. The second-order valence-electron chi connectivity index (χ2n) is 7.87. The Kier molecular flexibility index (Phi) is 7.13. The van der Waals surface area contributed by atoms with Gasteiger partial charge in [0.1, 0.15) is 11.5 Å². The van der Waals surface area contributed by atoms with Crippen LogP contribution in [0.25, 0.3) is 5.76 Å². The third kappa shape index (κ3) is 4.80. The van der Waals surface area contributed by atoms with E-state index in [9.17, 15) is 14.7 Å². The molecule has 0 spiro atoms. The number of ether oxygens (including phenoxy) is 2. The van der Waals surface area contributed by atoms with Gasteiger partial charge in [-0.25, -0.2) is 0 Å². The third-order valence-electron chi connectivity index (χ3n) is 5.29. The van der Waals surface area contributed by atoms with Gasteiger partial charge in [-0.1, -0.05) is 48.0 Å². The summed E-state index contributed by atoms with van der Waals surface area (Å²) < 4.78 is 11.1. The number of aliphatic hydroxyl groups excluding tert-OH is 1. The fraction of sp³-hybridized carbons (Fsp3) is 0.360. The number of aliphatic hydroxyl groups is 1. The summed E-state index contributed by atoms with van der Waals surface area (Å²) in [5.41, 5.74) is 2.25. The van der Waals surface area contributed by atoms with E-state index >= 15 is 0 Å². The summed E-state index contributed by atoms with van der Waals surface area (Å²) >= 11 is 0. The van der Waals surface area contributed by atoms with Gasteiger partial charge in [-0.15, -0.1) is 0 Å². The highest BCUT2D eigenvalue weighted by molar-refractivity contribution is 6.46. The highest BCUT2D eigenvalue weighted by atomic mass is 16.5. The molecule has 164 valence electrons. The van der Waals surface area contributed by atoms with Crippen molar-refractivity contribution < 1.29 is 24.2 Å². The number of hydrogen-bond acceptors (Lipinski definition) is 5. The van der Waals surface area contributed by atoms with Gasteiger partial charge in [-0.3, -0.25) is 9.59 Å². The highest BCUT2D eigenvalue weighted by Crippen LogP contribution is 2.42. The van der Waals surface area contributed by atoms with Crippen LogP contribution in [0.1, 0.15) is 43.0 Å². The van der Waals surface area contributed by atoms with Gasteiger partial charge >= 0.3 is 0 Å². The Bertz CT molecular complexity index is 978. The number of ketones is 1. The number of rotatable bonds is 8. The number of carbonyl (C=O) groups excluding carboxylic acids is 2. The van der Waals surface area contributed by atoms with E-state index < -0.39 is 17.7 Å². The molecule has 1 aliphatic rings. The summed E-state index contributed by atoms with van der Waals surface area (Å²) in [5, 5.41) is 11.1. The van der Waals surface area contributed by atoms with Crippen LogP contribution in [0.2, 0.25) is 0 Å². The van der Waals surface area contributed by atoms with Gasteiger partial charge in [-0.05, 0) is 33.3 Å². The number of likely N-dealkylation sites (tertiary alicyclic amines) is 1. The maximum Gasteiger partial charge on any atom is 0.295 e. The number of carbonyl (C=O) groups is 2. The summed E-state index contributed by atoms with van der Waals surface area (Å²) in [6, 6.07) is 13.7. The van der Waals surface area contributed by atoms with E-state index in [0.717, 1.165) is 5.56 Å². The molecule has 1 saturated heterocycles. The topological polar surface area (TPSA) is 76.1 Å². The highest BCUT2D eigenvalue weighted by Gasteiger charge is 2.46. The summed E-state index contributed by atoms with van der Waals surface area (Å²) in [4.78, 5) is 27.5. The van der Waals surface area contributed by atoms with Crippen molar-refractivity contribution in [3.8, 4) is 5.75 Å². The van der Waals surface area contributed by atoms with E-state index in [1.807, 2.05) is 51.1 Å². The largest absolute Gasteiger partial charge is 0.507 e. The molecule has 1 N–H and O–H groups in total. The van der Waals surface area contributed by atoms with E-state index in [0.29, 0.717) is 36.4 Å². The monoisotopic (exact) mass is 423 g/mol. The Balaban J connectivity index is 2.07. The maximum absolute atomic E-state index is 13.0. The van der Waals surface area contributed by atoms with Crippen molar-refractivity contribution in [2.75, 3.05) is 20.3 Å². The lowest BCUT2D eigenvalue weighted by atomic mass is 9.94. The zero-order valence-electron chi connectivity index (χ0n) is 18.4. The Morgan fingerprint density at radius 1 is 1.10 bits per heavy atom. The minimum Gasteiger partial charge on any atom is -0.507 e. The molecule has 3 rings (SSSR count). The molecule has 0 radical (unpaired) electrons. The molecule has 0 bridgehead atoms. The molecular weight excluding hydrogens is 394 g/mol. The van der Waals surface area contributed by atoms with Gasteiger partial charge in [0.25, 0.3) is 11.7 Å². The van der Waals surface area contributed by atoms with Crippen LogP contribution in [0.15, 0.2) is 54.1 Å². The van der Waals surface area contributed by atoms with Crippen LogP contribution in [-0.4, -0.2) is 48.1 Å². The number of benzene rings is 2. The van der Waals surface area contributed by atoms with Crippen LogP contribution in [-0.2, 0) is 14.3 Å². The lowest BCUT2D eigenvalue weighted by molar-refractivity contribution is -0.140. The third-order valence-corrected chi connectivity index (χ3v) is 5.29. The predicted octanol–water partition coefficient (Wildman–Crippen LogP) is 4.24. The molecule has 1 aliphatic heterocycles. The molecular formula is C25H29NO5. The normalized spacial score (nSPS) is 18.1. The van der Waals surface area contributed by atoms with Gasteiger partial charge < -0.3 is 19.5 Å². The molecule has 2 aromatic carbocycles. The first-order valence-electron chi connectivity index (χ1n) is 10.4. The summed E-state index contributed by atoms with van der Waals surface area (Å²) in [7, 11) is 1.54. The van der Waals surface area contributed by atoms with E-state index in [4.69, 9.17) is 9.47 Å². The average Bonchev–Trinajstić information content (AvgIpc) is 3.01. The average molecular weight is 424 g/mol. The van der Waals surface area contributed by atoms with Crippen LogP contribution >= 0.6 is 0 Å². The second kappa shape index (κ2) is 9.79. The Hall–Kier alpha value is -3.12. The van der Waals surface area contributed by atoms with Gasteiger partial charge in [0, 0.05) is 24.3 Å². The molecule has 1 atom stereocenters. The van der Waals surface area contributed by atoms with E-state index in [1.165, 1.54) is 4.90 Å². The summed E-state index contributed by atoms with van der Waals surface area (Å²) in [6.07, 6.45) is 0.656. The molecule has 0 aromatic heterocycles. The number of methoxy groups -OCH3 is 1. The standard InChI is InChI=1S/C25H29NO5/c1-16(2)31-15-7-14-26-22(19-8-5-6-9-20(19)30-4)21(24(28)25(26)29)23(27)18-12-10-17(3)11-13-18/h5-6,8-13,16,22,27H,7,14-15H2,1-4H3/b23-21-. The van der Waals surface area contributed by atoms with Gasteiger partial charge in [0.15, 0.2) is 0 Å². The number of Topliss-reactive ketones (excluding diaryl/α,β-unsaturated/α-hetero) is 1. The van der Waals surface area contributed by atoms with Crippen LogP contribution < -0.4 is 4.74 Å². The number of para-hydroxylation sites is 1. The Morgan fingerprint density at radius 3 is 2.42 bits per heavy atom. The fourth-order valence-corrected chi connectivity index (χ4v) is 3.75. The fourth-order valence-electron chi connectivity index (χ4n) is 3.75. The minimum absolute atomic E-state index is 0.0723. The zero-order chi connectivity index (χ0) is 22.5.